The molecule has 6 nitrogen and oxygen atoms in total. The quantitative estimate of drug-likeness (QED) is 0.644. The zero-order chi connectivity index (χ0) is 16.1. The fraction of sp³-hybridized carbons (Fsp3) is 0.500. The number of hydrogen-bond acceptors (Lipinski definition) is 3. The number of carbonyl (C=O) groups is 2. The first-order valence-corrected chi connectivity index (χ1v) is 7.67. The predicted molar refractivity (Wildman–Crippen MR) is 86.8 cm³/mol. The summed E-state index contributed by atoms with van der Waals surface area (Å²) in [5.74, 6) is 0.372. The lowest BCUT2D eigenvalue weighted by molar-refractivity contribution is 0.0950. The molecular weight excluding hydrogens is 280 g/mol. The van der Waals surface area contributed by atoms with E-state index in [1.165, 1.54) is 0 Å². The first-order valence-electron chi connectivity index (χ1n) is 7.67. The first-order chi connectivity index (χ1) is 10.5. The van der Waals surface area contributed by atoms with Crippen LogP contribution < -0.4 is 21.7 Å². The van der Waals surface area contributed by atoms with Crippen molar-refractivity contribution < 1.29 is 9.59 Å². The summed E-state index contributed by atoms with van der Waals surface area (Å²) in [5.41, 5.74) is 7.05. The van der Waals surface area contributed by atoms with Gasteiger partial charge in [-0.15, -0.1) is 0 Å². The maximum atomic E-state index is 12.1. The molecule has 1 aliphatic carbocycles. The van der Waals surface area contributed by atoms with Crippen LogP contribution in [0.5, 0.6) is 0 Å². The first kappa shape index (κ1) is 16.3. The molecule has 22 heavy (non-hydrogen) atoms. The number of amides is 3. The highest BCUT2D eigenvalue weighted by atomic mass is 16.2. The van der Waals surface area contributed by atoms with E-state index >= 15 is 0 Å². The minimum atomic E-state index is -0.289. The third-order valence-corrected chi connectivity index (χ3v) is 3.53. The van der Waals surface area contributed by atoms with E-state index in [-0.39, 0.29) is 24.0 Å². The van der Waals surface area contributed by atoms with E-state index in [9.17, 15) is 9.59 Å². The Labute approximate surface area is 130 Å². The molecule has 0 spiro atoms. The predicted octanol–water partition coefficient (Wildman–Crippen LogP) is 1.68. The standard InChI is InChI=1S/C16H24N4O2/c1-10(2)19-16(22)20-13-5-3-4-12(8-13)15(21)18-9-14(17)11-6-7-11/h3-5,8,10-11,14H,6-7,9,17H2,1-2H3,(H,18,21)(H2,19,20,22). The Balaban J connectivity index is 1.89. The van der Waals surface area contributed by atoms with E-state index in [2.05, 4.69) is 16.0 Å². The lowest BCUT2D eigenvalue weighted by atomic mass is 10.1. The molecule has 2 rings (SSSR count). The Morgan fingerprint density at radius 3 is 2.68 bits per heavy atom. The van der Waals surface area contributed by atoms with Crippen LogP contribution in [0.25, 0.3) is 0 Å². The number of carbonyl (C=O) groups excluding carboxylic acids is 2. The molecule has 1 saturated carbocycles. The minimum Gasteiger partial charge on any atom is -0.350 e. The lowest BCUT2D eigenvalue weighted by Gasteiger charge is -2.13. The summed E-state index contributed by atoms with van der Waals surface area (Å²) in [5, 5.41) is 8.28. The zero-order valence-electron chi connectivity index (χ0n) is 13.1. The average Bonchev–Trinajstić information content (AvgIpc) is 3.28. The number of rotatable bonds is 6. The van der Waals surface area contributed by atoms with E-state index in [1.807, 2.05) is 13.8 Å². The summed E-state index contributed by atoms with van der Waals surface area (Å²) in [6.07, 6.45) is 2.31. The normalized spacial score (nSPS) is 15.3. The molecule has 1 aromatic rings. The van der Waals surface area contributed by atoms with Gasteiger partial charge in [0.05, 0.1) is 0 Å². The van der Waals surface area contributed by atoms with Gasteiger partial charge in [0.2, 0.25) is 0 Å². The third kappa shape index (κ3) is 5.04. The highest BCUT2D eigenvalue weighted by Gasteiger charge is 2.28. The van der Waals surface area contributed by atoms with Crippen LogP contribution in [0.4, 0.5) is 10.5 Å². The molecule has 1 unspecified atom stereocenters. The second-order valence-corrected chi connectivity index (χ2v) is 6.05. The molecule has 6 heteroatoms. The van der Waals surface area contributed by atoms with Crippen LogP contribution in [-0.2, 0) is 0 Å². The number of urea groups is 1. The topological polar surface area (TPSA) is 96.2 Å². The van der Waals surface area contributed by atoms with Crippen molar-refractivity contribution in [1.82, 2.24) is 10.6 Å². The largest absolute Gasteiger partial charge is 0.350 e. The average molecular weight is 304 g/mol. The number of benzene rings is 1. The van der Waals surface area contributed by atoms with E-state index in [0.717, 1.165) is 12.8 Å². The fourth-order valence-corrected chi connectivity index (χ4v) is 2.17. The second-order valence-electron chi connectivity index (χ2n) is 6.05. The molecule has 0 saturated heterocycles. The highest BCUT2D eigenvalue weighted by Crippen LogP contribution is 2.31. The van der Waals surface area contributed by atoms with Gasteiger partial charge in [-0.05, 0) is 50.8 Å². The number of anilines is 1. The molecule has 120 valence electrons. The molecular formula is C16H24N4O2. The van der Waals surface area contributed by atoms with Crippen LogP contribution in [0, 0.1) is 5.92 Å². The SMILES string of the molecule is CC(C)NC(=O)Nc1cccc(C(=O)NCC(N)C2CC2)c1. The monoisotopic (exact) mass is 304 g/mol. The molecule has 0 aromatic heterocycles. The number of nitrogens with one attached hydrogen (secondary N) is 3. The fourth-order valence-electron chi connectivity index (χ4n) is 2.17. The minimum absolute atomic E-state index is 0.0297. The highest BCUT2D eigenvalue weighted by molar-refractivity contribution is 5.96. The van der Waals surface area contributed by atoms with Crippen molar-refractivity contribution in [3.05, 3.63) is 29.8 Å². The van der Waals surface area contributed by atoms with Gasteiger partial charge in [-0.25, -0.2) is 4.79 Å². The van der Waals surface area contributed by atoms with Gasteiger partial charge < -0.3 is 21.7 Å². The van der Waals surface area contributed by atoms with Gasteiger partial charge in [0.1, 0.15) is 0 Å². The van der Waals surface area contributed by atoms with Gasteiger partial charge in [0.15, 0.2) is 0 Å². The maximum absolute atomic E-state index is 12.1. The van der Waals surface area contributed by atoms with Gasteiger partial charge in [0, 0.05) is 29.9 Å². The molecule has 1 fully saturated rings. The van der Waals surface area contributed by atoms with Crippen LogP contribution in [0.2, 0.25) is 0 Å². The molecule has 1 atom stereocenters. The third-order valence-electron chi connectivity index (χ3n) is 3.53. The second kappa shape index (κ2) is 7.26. The van der Waals surface area contributed by atoms with Gasteiger partial charge in [-0.2, -0.15) is 0 Å². The summed E-state index contributed by atoms with van der Waals surface area (Å²) < 4.78 is 0. The van der Waals surface area contributed by atoms with Gasteiger partial charge in [-0.1, -0.05) is 6.07 Å². The Morgan fingerprint density at radius 2 is 2.05 bits per heavy atom. The Kier molecular flexibility index (Phi) is 5.38. The molecule has 5 N–H and O–H groups in total. The van der Waals surface area contributed by atoms with Crippen LogP contribution in [0.15, 0.2) is 24.3 Å². The van der Waals surface area contributed by atoms with Gasteiger partial charge in [0.25, 0.3) is 5.91 Å². The van der Waals surface area contributed by atoms with Crippen molar-refractivity contribution in [2.45, 2.75) is 38.8 Å². The Bertz CT molecular complexity index is 541. The Morgan fingerprint density at radius 1 is 1.32 bits per heavy atom. The van der Waals surface area contributed by atoms with E-state index in [1.54, 1.807) is 24.3 Å². The number of nitrogens with two attached hydrogens (primary N) is 1. The maximum Gasteiger partial charge on any atom is 0.319 e. The van der Waals surface area contributed by atoms with Crippen LogP contribution in [-0.4, -0.2) is 30.6 Å². The van der Waals surface area contributed by atoms with Crippen molar-refractivity contribution in [3.8, 4) is 0 Å². The van der Waals surface area contributed by atoms with Crippen molar-refractivity contribution in [3.63, 3.8) is 0 Å². The smallest absolute Gasteiger partial charge is 0.319 e. The Hall–Kier alpha value is -2.08. The number of hydrogen-bond donors (Lipinski definition) is 4. The molecule has 0 radical (unpaired) electrons. The van der Waals surface area contributed by atoms with Crippen molar-refractivity contribution in [2.24, 2.45) is 11.7 Å². The summed E-state index contributed by atoms with van der Waals surface area (Å²) in [7, 11) is 0. The summed E-state index contributed by atoms with van der Waals surface area (Å²) in [6, 6.07) is 6.63. The van der Waals surface area contributed by atoms with Crippen molar-refractivity contribution in [1.29, 1.82) is 0 Å². The van der Waals surface area contributed by atoms with Crippen LogP contribution >= 0.6 is 0 Å². The molecule has 0 bridgehead atoms. The van der Waals surface area contributed by atoms with Crippen molar-refractivity contribution >= 4 is 17.6 Å². The molecule has 1 aromatic carbocycles. The van der Waals surface area contributed by atoms with Crippen molar-refractivity contribution in [2.75, 3.05) is 11.9 Å². The molecule has 1 aliphatic rings. The summed E-state index contributed by atoms with van der Waals surface area (Å²) in [6.45, 7) is 4.24. The van der Waals surface area contributed by atoms with E-state index in [0.29, 0.717) is 23.7 Å². The van der Waals surface area contributed by atoms with Crippen LogP contribution in [0.1, 0.15) is 37.0 Å². The van der Waals surface area contributed by atoms with Gasteiger partial charge in [-0.3, -0.25) is 4.79 Å². The zero-order valence-corrected chi connectivity index (χ0v) is 13.1. The van der Waals surface area contributed by atoms with Gasteiger partial charge >= 0.3 is 6.03 Å². The van der Waals surface area contributed by atoms with Crippen LogP contribution in [0.3, 0.4) is 0 Å². The summed E-state index contributed by atoms with van der Waals surface area (Å²) in [4.78, 5) is 23.8. The lowest BCUT2D eigenvalue weighted by Crippen LogP contribution is -2.38. The summed E-state index contributed by atoms with van der Waals surface area (Å²) >= 11 is 0. The molecule has 0 aliphatic heterocycles. The molecule has 0 heterocycles. The van der Waals surface area contributed by atoms with E-state index in [4.69, 9.17) is 5.73 Å². The van der Waals surface area contributed by atoms with E-state index < -0.39 is 0 Å². The molecule has 3 amide bonds.